The number of aryl methyl sites for hydroxylation is 1. The maximum absolute atomic E-state index is 13.5. The van der Waals surface area contributed by atoms with Gasteiger partial charge in [-0.1, -0.05) is 54.8 Å². The van der Waals surface area contributed by atoms with Crippen LogP contribution in [0, 0.1) is 18.8 Å². The van der Waals surface area contributed by atoms with E-state index in [0.29, 0.717) is 42.2 Å². The minimum absolute atomic E-state index is 0.00759. The van der Waals surface area contributed by atoms with E-state index < -0.39 is 0 Å². The molecular weight excluding hydrogens is 410 g/mol. The van der Waals surface area contributed by atoms with Crippen molar-refractivity contribution in [2.24, 2.45) is 22.6 Å². The van der Waals surface area contributed by atoms with Gasteiger partial charge in [0.05, 0.1) is 29.2 Å². The number of nitrogens with zero attached hydrogens (tertiary/aromatic N) is 2. The number of nitrogens with two attached hydrogens (primary N) is 1. The molecule has 2 unspecified atom stereocenters. The van der Waals surface area contributed by atoms with Gasteiger partial charge in [0, 0.05) is 30.1 Å². The lowest BCUT2D eigenvalue weighted by Crippen LogP contribution is -2.43. The largest absolute Gasteiger partial charge is 0.376 e. The Balaban J connectivity index is 1.49. The molecule has 3 aliphatic heterocycles. The molecule has 162 valence electrons. The molecular formula is C25H28ClN3O2. The predicted octanol–water partition coefficient (Wildman–Crippen LogP) is 2.63. The number of hydrogen-bond donors (Lipinski definition) is 1. The van der Waals surface area contributed by atoms with E-state index in [-0.39, 0.29) is 18.0 Å². The topological polar surface area (TPSA) is 67.9 Å². The second-order valence-corrected chi connectivity index (χ2v) is 9.42. The first-order valence-electron chi connectivity index (χ1n) is 11.1. The Morgan fingerprint density at radius 3 is 2.74 bits per heavy atom. The third-order valence-corrected chi connectivity index (χ3v) is 7.44. The number of carbonyl (C=O) groups is 1. The SMILES string of the molecule is CC[C@H]1CN(C(=O)c2cc3c(cc2Cl)=NC(N)C2COCC=32)C[C@@H]1c1ccc(C)cc1. The molecule has 5 nitrogen and oxygen atoms in total. The van der Waals surface area contributed by atoms with Gasteiger partial charge in [-0.15, -0.1) is 0 Å². The van der Waals surface area contributed by atoms with E-state index in [4.69, 9.17) is 22.1 Å². The molecule has 2 saturated heterocycles. The van der Waals surface area contributed by atoms with Crippen molar-refractivity contribution in [2.45, 2.75) is 32.4 Å². The second-order valence-electron chi connectivity index (χ2n) is 9.01. The van der Waals surface area contributed by atoms with Crippen molar-refractivity contribution < 1.29 is 9.53 Å². The summed E-state index contributed by atoms with van der Waals surface area (Å²) in [6, 6.07) is 12.4. The normalized spacial score (nSPS) is 27.1. The van der Waals surface area contributed by atoms with Crippen molar-refractivity contribution >= 4 is 23.1 Å². The highest BCUT2D eigenvalue weighted by Gasteiger charge is 2.36. The second kappa shape index (κ2) is 8.05. The van der Waals surface area contributed by atoms with Crippen LogP contribution in [0.1, 0.15) is 40.7 Å². The van der Waals surface area contributed by atoms with Crippen molar-refractivity contribution in [3.05, 3.63) is 68.7 Å². The van der Waals surface area contributed by atoms with E-state index in [1.807, 2.05) is 11.0 Å². The fourth-order valence-corrected chi connectivity index (χ4v) is 5.48. The van der Waals surface area contributed by atoms with Crippen molar-refractivity contribution in [2.75, 3.05) is 26.3 Å². The van der Waals surface area contributed by atoms with Gasteiger partial charge in [0.1, 0.15) is 6.17 Å². The number of fused-ring (bicyclic) bond motifs is 2. The van der Waals surface area contributed by atoms with E-state index in [2.05, 4.69) is 43.1 Å². The van der Waals surface area contributed by atoms with Gasteiger partial charge >= 0.3 is 0 Å². The maximum Gasteiger partial charge on any atom is 0.255 e. The third kappa shape index (κ3) is 3.59. The number of benzene rings is 2. The van der Waals surface area contributed by atoms with Gasteiger partial charge in [-0.2, -0.15) is 0 Å². The molecule has 3 aliphatic rings. The zero-order chi connectivity index (χ0) is 21.7. The highest BCUT2D eigenvalue weighted by Crippen LogP contribution is 2.36. The monoisotopic (exact) mass is 437 g/mol. The van der Waals surface area contributed by atoms with E-state index >= 15 is 0 Å². The molecule has 0 saturated carbocycles. The molecule has 0 aromatic heterocycles. The molecule has 5 rings (SSSR count). The Morgan fingerprint density at radius 1 is 1.23 bits per heavy atom. The van der Waals surface area contributed by atoms with E-state index in [9.17, 15) is 4.79 Å². The summed E-state index contributed by atoms with van der Waals surface area (Å²) in [6.07, 6.45) is 0.718. The van der Waals surface area contributed by atoms with Gasteiger partial charge in [0.15, 0.2) is 0 Å². The summed E-state index contributed by atoms with van der Waals surface area (Å²) in [5, 5.41) is 2.15. The highest BCUT2D eigenvalue weighted by molar-refractivity contribution is 6.33. The van der Waals surface area contributed by atoms with Crippen LogP contribution in [0.2, 0.25) is 5.02 Å². The van der Waals surface area contributed by atoms with Gasteiger partial charge in [0.25, 0.3) is 5.91 Å². The lowest BCUT2D eigenvalue weighted by Gasteiger charge is -2.21. The molecule has 0 aliphatic carbocycles. The van der Waals surface area contributed by atoms with Gasteiger partial charge in [-0.25, -0.2) is 0 Å². The molecule has 0 radical (unpaired) electrons. The highest BCUT2D eigenvalue weighted by atomic mass is 35.5. The molecule has 0 bridgehead atoms. The average molecular weight is 438 g/mol. The number of halogens is 1. The summed E-state index contributed by atoms with van der Waals surface area (Å²) in [4.78, 5) is 20.1. The molecule has 0 spiro atoms. The van der Waals surface area contributed by atoms with Crippen LogP contribution in [0.25, 0.3) is 5.57 Å². The Hall–Kier alpha value is -2.21. The summed E-state index contributed by atoms with van der Waals surface area (Å²) >= 11 is 6.58. The minimum Gasteiger partial charge on any atom is -0.376 e. The number of ether oxygens (including phenoxy) is 1. The quantitative estimate of drug-likeness (QED) is 0.802. The van der Waals surface area contributed by atoms with Crippen molar-refractivity contribution in [1.29, 1.82) is 0 Å². The average Bonchev–Trinajstić information content (AvgIpc) is 3.41. The lowest BCUT2D eigenvalue weighted by atomic mass is 9.87. The van der Waals surface area contributed by atoms with Gasteiger partial charge in [-0.05, 0) is 36.1 Å². The fraction of sp³-hybridized carbons (Fsp3) is 0.440. The summed E-state index contributed by atoms with van der Waals surface area (Å²) in [5.74, 6) is 0.865. The lowest BCUT2D eigenvalue weighted by molar-refractivity contribution is 0.0786. The van der Waals surface area contributed by atoms with Crippen LogP contribution < -0.4 is 16.3 Å². The molecule has 6 heteroatoms. The van der Waals surface area contributed by atoms with Crippen LogP contribution in [0.4, 0.5) is 0 Å². The van der Waals surface area contributed by atoms with Gasteiger partial charge in [0.2, 0.25) is 0 Å². The standard InChI is InChI=1S/C25H28ClN3O2/c1-3-15-10-29(11-19(15)16-6-4-14(2)5-7-16)25(30)18-8-17-20-12-31-13-21(20)24(27)28-23(17)9-22(18)26/h4-9,15,19,21,24H,3,10-13,27H2,1-2H3/t15-,19-,21?,24?/m0/s1. The van der Waals surface area contributed by atoms with Crippen LogP contribution in [0.15, 0.2) is 41.4 Å². The predicted molar refractivity (Wildman–Crippen MR) is 122 cm³/mol. The Labute approximate surface area is 187 Å². The first-order valence-corrected chi connectivity index (χ1v) is 11.4. The van der Waals surface area contributed by atoms with E-state index in [1.165, 1.54) is 11.1 Å². The molecule has 2 aromatic rings. The van der Waals surface area contributed by atoms with E-state index in [0.717, 1.165) is 29.1 Å². The first kappa shape index (κ1) is 20.7. The van der Waals surface area contributed by atoms with Crippen molar-refractivity contribution in [3.8, 4) is 0 Å². The summed E-state index contributed by atoms with van der Waals surface area (Å²) < 4.78 is 5.64. The molecule has 2 aromatic carbocycles. The molecule has 2 N–H and O–H groups in total. The first-order chi connectivity index (χ1) is 15.0. The van der Waals surface area contributed by atoms with Crippen LogP contribution >= 0.6 is 11.6 Å². The molecule has 31 heavy (non-hydrogen) atoms. The Kier molecular flexibility index (Phi) is 5.37. The van der Waals surface area contributed by atoms with Gasteiger partial charge in [-0.3, -0.25) is 9.79 Å². The minimum atomic E-state index is -0.318. The molecule has 3 heterocycles. The number of amides is 1. The van der Waals surface area contributed by atoms with Crippen LogP contribution in [0.5, 0.6) is 0 Å². The number of likely N-dealkylation sites (tertiary alicyclic amines) is 1. The summed E-state index contributed by atoms with van der Waals surface area (Å²) in [6.45, 7) is 6.87. The third-order valence-electron chi connectivity index (χ3n) is 7.12. The Morgan fingerprint density at radius 2 is 2.00 bits per heavy atom. The smallest absolute Gasteiger partial charge is 0.255 e. The molecule has 1 amide bonds. The summed E-state index contributed by atoms with van der Waals surface area (Å²) in [7, 11) is 0. The van der Waals surface area contributed by atoms with Crippen molar-refractivity contribution in [3.63, 3.8) is 0 Å². The van der Waals surface area contributed by atoms with Crippen LogP contribution in [0.3, 0.4) is 0 Å². The fourth-order valence-electron chi connectivity index (χ4n) is 5.24. The maximum atomic E-state index is 13.5. The number of carbonyl (C=O) groups excluding carboxylic acids is 1. The molecule has 2 fully saturated rings. The zero-order valence-electron chi connectivity index (χ0n) is 18.0. The summed E-state index contributed by atoms with van der Waals surface area (Å²) in [5.41, 5.74) is 10.4. The number of rotatable bonds is 3. The van der Waals surface area contributed by atoms with Crippen molar-refractivity contribution in [1.82, 2.24) is 4.90 Å². The zero-order valence-corrected chi connectivity index (χ0v) is 18.7. The number of hydrogen-bond acceptors (Lipinski definition) is 4. The van der Waals surface area contributed by atoms with Crippen LogP contribution in [-0.4, -0.2) is 43.3 Å². The van der Waals surface area contributed by atoms with Crippen LogP contribution in [-0.2, 0) is 4.74 Å². The molecule has 4 atom stereocenters. The van der Waals surface area contributed by atoms with E-state index in [1.54, 1.807) is 6.07 Å². The van der Waals surface area contributed by atoms with Gasteiger partial charge < -0.3 is 15.4 Å². The Bertz CT molecular complexity index is 1140.